The third kappa shape index (κ3) is 3.20. The molecule has 1 aromatic rings. The minimum absolute atomic E-state index is 0.146. The number of hydrogen-bond donors (Lipinski definition) is 3. The van der Waals surface area contributed by atoms with Crippen molar-refractivity contribution in [2.75, 3.05) is 12.3 Å². The van der Waals surface area contributed by atoms with Crippen molar-refractivity contribution in [1.29, 1.82) is 0 Å². The Kier molecular flexibility index (Phi) is 4.25. The highest BCUT2D eigenvalue weighted by molar-refractivity contribution is 5.95. The van der Waals surface area contributed by atoms with Gasteiger partial charge in [0.05, 0.1) is 12.6 Å². The lowest BCUT2D eigenvalue weighted by atomic mass is 10.1. The standard InChI is InChI=1S/C11H15FN2O2/c1-2-10(6-15)14-11(16)7-3-8(12)5-9(13)4-7/h3-5,10,15H,2,6,13H2,1H3,(H,14,16)/t10-/m1/s1. The van der Waals surface area contributed by atoms with Crippen LogP contribution in [0.2, 0.25) is 0 Å². The van der Waals surface area contributed by atoms with E-state index in [1.165, 1.54) is 6.07 Å². The first-order valence-corrected chi connectivity index (χ1v) is 5.04. The molecular weight excluding hydrogens is 211 g/mol. The molecule has 1 amide bonds. The van der Waals surface area contributed by atoms with Crippen LogP contribution in [0, 0.1) is 5.82 Å². The fourth-order valence-electron chi connectivity index (χ4n) is 1.29. The predicted octanol–water partition coefficient (Wildman–Crippen LogP) is 0.909. The largest absolute Gasteiger partial charge is 0.399 e. The van der Waals surface area contributed by atoms with Gasteiger partial charge in [-0.1, -0.05) is 6.92 Å². The fourth-order valence-corrected chi connectivity index (χ4v) is 1.29. The average Bonchev–Trinajstić information content (AvgIpc) is 2.24. The topological polar surface area (TPSA) is 75.3 Å². The molecule has 0 aliphatic heterocycles. The highest BCUT2D eigenvalue weighted by atomic mass is 19.1. The van der Waals surface area contributed by atoms with Gasteiger partial charge in [-0.05, 0) is 24.6 Å². The van der Waals surface area contributed by atoms with Gasteiger partial charge in [0, 0.05) is 11.3 Å². The number of nitrogens with two attached hydrogens (primary N) is 1. The van der Waals surface area contributed by atoms with Crippen LogP contribution in [0.4, 0.5) is 10.1 Å². The Labute approximate surface area is 93.3 Å². The SMILES string of the molecule is CC[C@H](CO)NC(=O)c1cc(N)cc(F)c1. The molecule has 4 N–H and O–H groups in total. The summed E-state index contributed by atoms with van der Waals surface area (Å²) in [7, 11) is 0. The van der Waals surface area contributed by atoms with Crippen molar-refractivity contribution in [2.24, 2.45) is 0 Å². The lowest BCUT2D eigenvalue weighted by Crippen LogP contribution is -2.36. The molecule has 4 nitrogen and oxygen atoms in total. The molecule has 0 heterocycles. The van der Waals surface area contributed by atoms with Gasteiger partial charge in [-0.25, -0.2) is 4.39 Å². The summed E-state index contributed by atoms with van der Waals surface area (Å²) in [5, 5.41) is 11.5. The van der Waals surface area contributed by atoms with Crippen LogP contribution >= 0.6 is 0 Å². The van der Waals surface area contributed by atoms with Crippen molar-refractivity contribution in [3.63, 3.8) is 0 Å². The molecule has 0 aliphatic rings. The van der Waals surface area contributed by atoms with Crippen LogP contribution in [0.15, 0.2) is 18.2 Å². The molecule has 0 fully saturated rings. The minimum atomic E-state index is -0.554. The van der Waals surface area contributed by atoms with Gasteiger partial charge in [0.1, 0.15) is 5.82 Å². The third-order valence-corrected chi connectivity index (χ3v) is 2.23. The van der Waals surface area contributed by atoms with E-state index < -0.39 is 11.7 Å². The number of carbonyl (C=O) groups is 1. The highest BCUT2D eigenvalue weighted by Gasteiger charge is 2.12. The maximum atomic E-state index is 13.0. The summed E-state index contributed by atoms with van der Waals surface area (Å²) < 4.78 is 13.0. The number of benzene rings is 1. The lowest BCUT2D eigenvalue weighted by molar-refractivity contribution is 0.0914. The lowest BCUT2D eigenvalue weighted by Gasteiger charge is -2.14. The summed E-state index contributed by atoms with van der Waals surface area (Å²) in [6.45, 7) is 1.69. The van der Waals surface area contributed by atoms with Crippen LogP contribution < -0.4 is 11.1 Å². The number of anilines is 1. The summed E-state index contributed by atoms with van der Waals surface area (Å²) >= 11 is 0. The van der Waals surface area contributed by atoms with Gasteiger partial charge < -0.3 is 16.2 Å². The Hall–Kier alpha value is -1.62. The molecule has 5 heteroatoms. The fraction of sp³-hybridized carbons (Fsp3) is 0.364. The zero-order valence-corrected chi connectivity index (χ0v) is 9.03. The number of amides is 1. The maximum Gasteiger partial charge on any atom is 0.251 e. The first-order valence-electron chi connectivity index (χ1n) is 5.04. The smallest absolute Gasteiger partial charge is 0.251 e. The zero-order chi connectivity index (χ0) is 12.1. The molecule has 0 aliphatic carbocycles. The molecule has 1 atom stereocenters. The van der Waals surface area contributed by atoms with Gasteiger partial charge in [0.25, 0.3) is 5.91 Å². The molecule has 16 heavy (non-hydrogen) atoms. The number of carbonyl (C=O) groups excluding carboxylic acids is 1. The second kappa shape index (κ2) is 5.46. The van der Waals surface area contributed by atoms with Crippen molar-refractivity contribution < 1.29 is 14.3 Å². The monoisotopic (exact) mass is 226 g/mol. The van der Waals surface area contributed by atoms with Crippen molar-refractivity contribution in [2.45, 2.75) is 19.4 Å². The number of rotatable bonds is 4. The molecule has 0 aromatic heterocycles. The molecule has 0 bridgehead atoms. The number of nitrogen functional groups attached to an aromatic ring is 1. The quantitative estimate of drug-likeness (QED) is 0.668. The first-order chi connectivity index (χ1) is 7.56. The van der Waals surface area contributed by atoms with Gasteiger partial charge in [0.15, 0.2) is 0 Å². The van der Waals surface area contributed by atoms with Crippen LogP contribution in [0.3, 0.4) is 0 Å². The van der Waals surface area contributed by atoms with E-state index in [0.29, 0.717) is 6.42 Å². The molecule has 0 spiro atoms. The van der Waals surface area contributed by atoms with Crippen LogP contribution in [0.1, 0.15) is 23.7 Å². The second-order valence-electron chi connectivity index (χ2n) is 3.53. The van der Waals surface area contributed by atoms with E-state index in [2.05, 4.69) is 5.32 Å². The van der Waals surface area contributed by atoms with E-state index in [4.69, 9.17) is 10.8 Å². The maximum absolute atomic E-state index is 13.0. The second-order valence-corrected chi connectivity index (χ2v) is 3.53. The van der Waals surface area contributed by atoms with Crippen LogP contribution in [0.25, 0.3) is 0 Å². The molecule has 1 rings (SSSR count). The number of aliphatic hydroxyl groups excluding tert-OH is 1. The first kappa shape index (κ1) is 12.4. The summed E-state index contributed by atoms with van der Waals surface area (Å²) in [5.74, 6) is -0.991. The summed E-state index contributed by atoms with van der Waals surface area (Å²) in [6.07, 6.45) is 0.604. The van der Waals surface area contributed by atoms with E-state index in [-0.39, 0.29) is 23.9 Å². The van der Waals surface area contributed by atoms with Gasteiger partial charge in [-0.15, -0.1) is 0 Å². The van der Waals surface area contributed by atoms with E-state index in [1.807, 2.05) is 6.92 Å². The number of halogens is 1. The zero-order valence-electron chi connectivity index (χ0n) is 9.03. The van der Waals surface area contributed by atoms with Crippen molar-refractivity contribution in [1.82, 2.24) is 5.32 Å². The minimum Gasteiger partial charge on any atom is -0.399 e. The van der Waals surface area contributed by atoms with Gasteiger partial charge in [-0.2, -0.15) is 0 Å². The number of nitrogens with one attached hydrogen (secondary N) is 1. The van der Waals surface area contributed by atoms with Gasteiger partial charge >= 0.3 is 0 Å². The average molecular weight is 226 g/mol. The highest BCUT2D eigenvalue weighted by Crippen LogP contribution is 2.10. The van der Waals surface area contributed by atoms with Crippen molar-refractivity contribution >= 4 is 11.6 Å². The van der Waals surface area contributed by atoms with Gasteiger partial charge in [0.2, 0.25) is 0 Å². The summed E-state index contributed by atoms with van der Waals surface area (Å²) in [6, 6.07) is 3.32. The molecule has 1 aromatic carbocycles. The Bertz CT molecular complexity index is 358. The normalized spacial score (nSPS) is 12.2. The summed E-state index contributed by atoms with van der Waals surface area (Å²) in [5.41, 5.74) is 5.78. The number of hydrogen-bond acceptors (Lipinski definition) is 3. The van der Waals surface area contributed by atoms with E-state index in [0.717, 1.165) is 12.1 Å². The predicted molar refractivity (Wildman–Crippen MR) is 59.4 cm³/mol. The van der Waals surface area contributed by atoms with Crippen molar-refractivity contribution in [3.8, 4) is 0 Å². The van der Waals surface area contributed by atoms with Crippen LogP contribution in [-0.4, -0.2) is 23.7 Å². The molecule has 88 valence electrons. The Morgan fingerprint density at radius 1 is 1.56 bits per heavy atom. The van der Waals surface area contributed by atoms with Gasteiger partial charge in [-0.3, -0.25) is 4.79 Å². The molecule has 0 unspecified atom stereocenters. The summed E-state index contributed by atoms with van der Waals surface area (Å²) in [4.78, 5) is 11.6. The van der Waals surface area contributed by atoms with Crippen LogP contribution in [0.5, 0.6) is 0 Å². The number of aliphatic hydroxyl groups is 1. The molecule has 0 radical (unpaired) electrons. The Morgan fingerprint density at radius 3 is 2.75 bits per heavy atom. The van der Waals surface area contributed by atoms with E-state index >= 15 is 0 Å². The van der Waals surface area contributed by atoms with E-state index in [9.17, 15) is 9.18 Å². The van der Waals surface area contributed by atoms with Crippen LogP contribution in [-0.2, 0) is 0 Å². The van der Waals surface area contributed by atoms with Crippen molar-refractivity contribution in [3.05, 3.63) is 29.6 Å². The Balaban J connectivity index is 2.80. The molecule has 0 saturated carbocycles. The molecular formula is C11H15FN2O2. The Morgan fingerprint density at radius 2 is 2.25 bits per heavy atom. The third-order valence-electron chi connectivity index (χ3n) is 2.23. The molecule has 0 saturated heterocycles. The van der Waals surface area contributed by atoms with E-state index in [1.54, 1.807) is 0 Å².